The van der Waals surface area contributed by atoms with Crippen molar-refractivity contribution in [1.82, 2.24) is 4.98 Å². The number of nitrogens with one attached hydrogen (secondary N) is 1. The summed E-state index contributed by atoms with van der Waals surface area (Å²) >= 11 is 11.0. The molecule has 1 N–H and O–H groups in total. The molecule has 0 aliphatic carbocycles. The maximum atomic E-state index is 13.3. The SMILES string of the molecule is Cc1ccc(S/C(=C/c2c[nH]c3ccc(Br)cc23)C(=O)c2ccc(Cl)cc2)cc1. The van der Waals surface area contributed by atoms with E-state index in [1.54, 1.807) is 24.3 Å². The quantitative estimate of drug-likeness (QED) is 0.178. The number of ketones is 1. The van der Waals surface area contributed by atoms with E-state index in [1.165, 1.54) is 17.3 Å². The Kier molecular flexibility index (Phi) is 5.95. The number of benzene rings is 3. The molecule has 0 unspecified atom stereocenters. The van der Waals surface area contributed by atoms with E-state index >= 15 is 0 Å². The molecule has 3 aromatic carbocycles. The topological polar surface area (TPSA) is 32.9 Å². The van der Waals surface area contributed by atoms with Crippen molar-refractivity contribution in [1.29, 1.82) is 0 Å². The van der Waals surface area contributed by atoms with Crippen molar-refractivity contribution in [3.05, 3.63) is 104 Å². The molecule has 1 heterocycles. The smallest absolute Gasteiger partial charge is 0.199 e. The molecule has 0 aliphatic heterocycles. The summed E-state index contributed by atoms with van der Waals surface area (Å²) < 4.78 is 0.996. The van der Waals surface area contributed by atoms with Crippen LogP contribution in [0.2, 0.25) is 5.02 Å². The number of H-pyrrole nitrogens is 1. The molecule has 0 saturated carbocycles. The van der Waals surface area contributed by atoms with Gasteiger partial charge in [-0.1, -0.05) is 57.0 Å². The van der Waals surface area contributed by atoms with Crippen molar-refractivity contribution in [2.45, 2.75) is 11.8 Å². The van der Waals surface area contributed by atoms with Gasteiger partial charge in [0.15, 0.2) is 5.78 Å². The highest BCUT2D eigenvalue weighted by Gasteiger charge is 2.15. The lowest BCUT2D eigenvalue weighted by atomic mass is 10.1. The number of hydrogen-bond donors (Lipinski definition) is 1. The number of carbonyl (C=O) groups excluding carboxylic acids is 1. The molecule has 5 heteroatoms. The number of fused-ring (bicyclic) bond motifs is 1. The van der Waals surface area contributed by atoms with E-state index in [0.29, 0.717) is 15.5 Å². The van der Waals surface area contributed by atoms with Gasteiger partial charge in [-0.3, -0.25) is 4.79 Å². The fourth-order valence-electron chi connectivity index (χ4n) is 2.99. The minimum Gasteiger partial charge on any atom is -0.361 e. The first kappa shape index (κ1) is 20.0. The maximum absolute atomic E-state index is 13.3. The molecule has 0 bridgehead atoms. The van der Waals surface area contributed by atoms with Gasteiger partial charge in [0.05, 0.1) is 4.91 Å². The second-order valence-electron chi connectivity index (χ2n) is 6.69. The van der Waals surface area contributed by atoms with Crippen LogP contribution in [0.1, 0.15) is 21.5 Å². The molecule has 0 amide bonds. The minimum atomic E-state index is -0.0309. The molecule has 0 atom stereocenters. The van der Waals surface area contributed by atoms with Crippen LogP contribution >= 0.6 is 39.3 Å². The van der Waals surface area contributed by atoms with Crippen LogP contribution in [0.3, 0.4) is 0 Å². The van der Waals surface area contributed by atoms with E-state index in [1.807, 2.05) is 43.5 Å². The van der Waals surface area contributed by atoms with Crippen LogP contribution in [-0.4, -0.2) is 10.8 Å². The molecule has 4 aromatic rings. The van der Waals surface area contributed by atoms with E-state index in [4.69, 9.17) is 11.6 Å². The second-order valence-corrected chi connectivity index (χ2v) is 9.16. The van der Waals surface area contributed by atoms with Crippen LogP contribution in [0.5, 0.6) is 0 Å². The Morgan fingerprint density at radius 2 is 1.76 bits per heavy atom. The Hall–Kier alpha value is -2.27. The number of thioether (sulfide) groups is 1. The normalized spacial score (nSPS) is 11.8. The average molecular weight is 483 g/mol. The highest BCUT2D eigenvalue weighted by atomic mass is 79.9. The monoisotopic (exact) mass is 481 g/mol. The molecular formula is C24H17BrClNOS. The Balaban J connectivity index is 1.78. The zero-order valence-corrected chi connectivity index (χ0v) is 18.7. The molecule has 29 heavy (non-hydrogen) atoms. The van der Waals surface area contributed by atoms with Gasteiger partial charge in [-0.05, 0) is 67.6 Å². The van der Waals surface area contributed by atoms with Crippen molar-refractivity contribution in [2.24, 2.45) is 0 Å². The molecule has 2 nitrogen and oxygen atoms in total. The Morgan fingerprint density at radius 3 is 2.48 bits per heavy atom. The molecule has 0 saturated heterocycles. The lowest BCUT2D eigenvalue weighted by Gasteiger charge is -2.08. The molecule has 1 aromatic heterocycles. The maximum Gasteiger partial charge on any atom is 0.199 e. The molecular weight excluding hydrogens is 466 g/mol. The van der Waals surface area contributed by atoms with Gasteiger partial charge >= 0.3 is 0 Å². The van der Waals surface area contributed by atoms with Gasteiger partial charge in [0.1, 0.15) is 0 Å². The lowest BCUT2D eigenvalue weighted by Crippen LogP contribution is -2.00. The van der Waals surface area contributed by atoms with Crippen molar-refractivity contribution in [2.75, 3.05) is 0 Å². The van der Waals surface area contributed by atoms with Crippen molar-refractivity contribution >= 4 is 62.1 Å². The summed E-state index contributed by atoms with van der Waals surface area (Å²) in [7, 11) is 0. The molecule has 4 rings (SSSR count). The number of rotatable bonds is 5. The van der Waals surface area contributed by atoms with Crippen molar-refractivity contribution in [3.8, 4) is 0 Å². The van der Waals surface area contributed by atoms with Crippen molar-refractivity contribution < 1.29 is 4.79 Å². The molecule has 0 spiro atoms. The predicted octanol–water partition coefficient (Wildman–Crippen LogP) is 7.91. The zero-order valence-electron chi connectivity index (χ0n) is 15.6. The van der Waals surface area contributed by atoms with Gasteiger partial charge in [0.2, 0.25) is 0 Å². The van der Waals surface area contributed by atoms with Gasteiger partial charge in [0.25, 0.3) is 0 Å². The second kappa shape index (κ2) is 8.62. The van der Waals surface area contributed by atoms with Gasteiger partial charge in [0, 0.05) is 42.6 Å². The zero-order chi connectivity index (χ0) is 20.4. The standard InChI is InChI=1S/C24H17BrClNOS/c1-15-2-9-20(10-3-15)29-23(24(28)16-4-7-19(26)8-5-16)12-17-14-27-22-11-6-18(25)13-21(17)22/h2-14,27H,1H3/b23-12+. The Bertz CT molecular complexity index is 1210. The predicted molar refractivity (Wildman–Crippen MR) is 127 cm³/mol. The largest absolute Gasteiger partial charge is 0.361 e. The van der Waals surface area contributed by atoms with E-state index < -0.39 is 0 Å². The summed E-state index contributed by atoms with van der Waals surface area (Å²) in [5.74, 6) is -0.0309. The minimum absolute atomic E-state index is 0.0309. The van der Waals surface area contributed by atoms with E-state index in [0.717, 1.165) is 25.8 Å². The van der Waals surface area contributed by atoms with Gasteiger partial charge in [-0.15, -0.1) is 0 Å². The number of carbonyl (C=O) groups is 1. The summed E-state index contributed by atoms with van der Waals surface area (Å²) in [6, 6.07) is 21.3. The van der Waals surface area contributed by atoms with Crippen LogP contribution in [0.15, 0.2) is 87.2 Å². The van der Waals surface area contributed by atoms with Gasteiger partial charge in [-0.2, -0.15) is 0 Å². The lowest BCUT2D eigenvalue weighted by molar-refractivity contribution is 0.104. The molecule has 0 fully saturated rings. The summed E-state index contributed by atoms with van der Waals surface area (Å²) in [5.41, 5.74) is 3.79. The van der Waals surface area contributed by atoms with E-state index in [9.17, 15) is 4.79 Å². The number of Topliss-reactive ketones (excluding diaryl/α,β-unsaturated/α-hetero) is 1. The van der Waals surface area contributed by atoms with Crippen LogP contribution in [0, 0.1) is 6.92 Å². The summed E-state index contributed by atoms with van der Waals surface area (Å²) in [5, 5.41) is 1.67. The fraction of sp³-hybridized carbons (Fsp3) is 0.0417. The first-order chi connectivity index (χ1) is 14.0. The number of aryl methyl sites for hydroxylation is 1. The highest BCUT2D eigenvalue weighted by Crippen LogP contribution is 2.33. The summed E-state index contributed by atoms with van der Waals surface area (Å²) in [6.45, 7) is 2.05. The number of halogens is 2. The number of hydrogen-bond acceptors (Lipinski definition) is 2. The van der Waals surface area contributed by atoms with Gasteiger partial charge in [-0.25, -0.2) is 0 Å². The van der Waals surface area contributed by atoms with E-state index in [-0.39, 0.29) is 5.78 Å². The van der Waals surface area contributed by atoms with Crippen LogP contribution in [0.25, 0.3) is 17.0 Å². The number of allylic oxidation sites excluding steroid dienone is 1. The van der Waals surface area contributed by atoms with Crippen LogP contribution in [-0.2, 0) is 0 Å². The van der Waals surface area contributed by atoms with Crippen molar-refractivity contribution in [3.63, 3.8) is 0 Å². The van der Waals surface area contributed by atoms with E-state index in [2.05, 4.69) is 39.1 Å². The third kappa shape index (κ3) is 4.67. The Morgan fingerprint density at radius 1 is 1.03 bits per heavy atom. The summed E-state index contributed by atoms with van der Waals surface area (Å²) in [4.78, 5) is 18.2. The average Bonchev–Trinajstić information content (AvgIpc) is 3.11. The highest BCUT2D eigenvalue weighted by molar-refractivity contribution is 9.10. The third-order valence-corrected chi connectivity index (χ3v) is 6.32. The fourth-order valence-corrected chi connectivity index (χ4v) is 4.40. The molecule has 144 valence electrons. The molecule has 0 radical (unpaired) electrons. The first-order valence-corrected chi connectivity index (χ1v) is 11.0. The Labute approximate surface area is 187 Å². The van der Waals surface area contributed by atoms with Crippen LogP contribution < -0.4 is 0 Å². The first-order valence-electron chi connectivity index (χ1n) is 9.03. The summed E-state index contributed by atoms with van der Waals surface area (Å²) in [6.07, 6.45) is 3.88. The van der Waals surface area contributed by atoms with Gasteiger partial charge < -0.3 is 4.98 Å². The number of aromatic amines is 1. The number of aromatic nitrogens is 1. The molecule has 0 aliphatic rings. The third-order valence-electron chi connectivity index (χ3n) is 4.54. The van der Waals surface area contributed by atoms with Crippen LogP contribution in [0.4, 0.5) is 0 Å².